The number of rotatable bonds is 8. The van der Waals surface area contributed by atoms with Crippen LogP contribution in [0.4, 0.5) is 5.69 Å². The molecule has 138 valence electrons. The molecule has 0 saturated carbocycles. The first-order chi connectivity index (χ1) is 12.4. The number of hydrogen-bond acceptors (Lipinski definition) is 5. The molecule has 0 aliphatic carbocycles. The van der Waals surface area contributed by atoms with Crippen molar-refractivity contribution in [3.05, 3.63) is 51.7 Å². The van der Waals surface area contributed by atoms with Crippen molar-refractivity contribution in [2.24, 2.45) is 0 Å². The third-order valence-electron chi connectivity index (χ3n) is 3.49. The van der Waals surface area contributed by atoms with E-state index in [9.17, 15) is 19.5 Å². The van der Waals surface area contributed by atoms with Gasteiger partial charge in [-0.1, -0.05) is 6.07 Å². The summed E-state index contributed by atoms with van der Waals surface area (Å²) in [6.07, 6.45) is 0.0387. The molecule has 0 radical (unpaired) electrons. The highest BCUT2D eigenvalue weighted by Gasteiger charge is 2.18. The number of benzene rings is 1. The lowest BCUT2D eigenvalue weighted by molar-refractivity contribution is -0.120. The van der Waals surface area contributed by atoms with Crippen LogP contribution < -0.4 is 10.6 Å². The molecule has 1 heterocycles. The molecule has 0 fully saturated rings. The zero-order chi connectivity index (χ0) is 19.1. The van der Waals surface area contributed by atoms with Crippen molar-refractivity contribution in [3.63, 3.8) is 0 Å². The van der Waals surface area contributed by atoms with Crippen LogP contribution in [0.5, 0.6) is 0 Å². The molecule has 0 saturated heterocycles. The molecule has 0 bridgehead atoms. The third kappa shape index (κ3) is 5.68. The number of carboxylic acids is 1. The number of hydrogen-bond donors (Lipinski definition) is 3. The minimum absolute atomic E-state index is 0.0387. The Morgan fingerprint density at radius 2 is 2.04 bits per heavy atom. The quantitative estimate of drug-likeness (QED) is 0.657. The molecule has 0 aliphatic heterocycles. The van der Waals surface area contributed by atoms with E-state index in [1.165, 1.54) is 37.5 Å². The van der Waals surface area contributed by atoms with E-state index < -0.39 is 12.0 Å². The van der Waals surface area contributed by atoms with Crippen molar-refractivity contribution >= 4 is 34.8 Å². The third-order valence-corrected chi connectivity index (χ3v) is 4.47. The van der Waals surface area contributed by atoms with Crippen molar-refractivity contribution in [1.82, 2.24) is 5.32 Å². The monoisotopic (exact) mass is 376 g/mol. The lowest BCUT2D eigenvalue weighted by Crippen LogP contribution is -2.29. The lowest BCUT2D eigenvalue weighted by atomic mass is 10.1. The Labute approximate surface area is 155 Å². The maximum atomic E-state index is 12.4. The predicted octanol–water partition coefficient (Wildman–Crippen LogP) is 2.80. The van der Waals surface area contributed by atoms with Crippen LogP contribution in [0, 0.1) is 0 Å². The highest BCUT2D eigenvalue weighted by molar-refractivity contribution is 7.10. The topological polar surface area (TPSA) is 105 Å². The van der Waals surface area contributed by atoms with E-state index in [0.717, 1.165) is 4.88 Å². The van der Waals surface area contributed by atoms with E-state index in [2.05, 4.69) is 10.6 Å². The summed E-state index contributed by atoms with van der Waals surface area (Å²) in [6, 6.07) is 7.80. The van der Waals surface area contributed by atoms with Gasteiger partial charge in [-0.15, -0.1) is 11.3 Å². The molecule has 7 nitrogen and oxygen atoms in total. The molecule has 8 heteroatoms. The van der Waals surface area contributed by atoms with Gasteiger partial charge in [-0.05, 0) is 35.2 Å². The first-order valence-electron chi connectivity index (χ1n) is 7.85. The number of carboxylic acid groups (broad SMARTS) is 1. The number of anilines is 1. The van der Waals surface area contributed by atoms with Gasteiger partial charge in [0.05, 0.1) is 24.6 Å². The van der Waals surface area contributed by atoms with Gasteiger partial charge in [-0.25, -0.2) is 4.79 Å². The zero-order valence-corrected chi connectivity index (χ0v) is 15.3. The summed E-state index contributed by atoms with van der Waals surface area (Å²) in [6.45, 7) is 1.62. The van der Waals surface area contributed by atoms with Crippen LogP contribution in [0.15, 0.2) is 35.7 Å². The smallest absolute Gasteiger partial charge is 0.335 e. The van der Waals surface area contributed by atoms with Crippen molar-refractivity contribution in [1.29, 1.82) is 0 Å². The van der Waals surface area contributed by atoms with Crippen LogP contribution in [-0.2, 0) is 20.9 Å². The van der Waals surface area contributed by atoms with Gasteiger partial charge in [0.1, 0.15) is 0 Å². The Kier molecular flexibility index (Phi) is 6.88. The lowest BCUT2D eigenvalue weighted by Gasteiger charge is -2.16. The van der Waals surface area contributed by atoms with Crippen molar-refractivity contribution in [2.75, 3.05) is 12.4 Å². The molecule has 1 atom stereocenters. The number of thiophene rings is 1. The fourth-order valence-corrected chi connectivity index (χ4v) is 3.27. The number of ether oxygens (including phenoxy) is 1. The largest absolute Gasteiger partial charge is 0.478 e. The highest BCUT2D eigenvalue weighted by Crippen LogP contribution is 2.23. The second-order valence-electron chi connectivity index (χ2n) is 5.68. The molecule has 2 rings (SSSR count). The van der Waals surface area contributed by atoms with Gasteiger partial charge in [0.15, 0.2) is 0 Å². The summed E-state index contributed by atoms with van der Waals surface area (Å²) in [5, 5.41) is 16.5. The Morgan fingerprint density at radius 1 is 1.27 bits per heavy atom. The molecule has 1 aromatic carbocycles. The van der Waals surface area contributed by atoms with Crippen LogP contribution >= 0.6 is 11.3 Å². The SMILES string of the molecule is COCc1cc(NC(=O)CC(NC(C)=O)c2cccs2)cc(C(=O)O)c1. The van der Waals surface area contributed by atoms with E-state index in [1.807, 2.05) is 17.5 Å². The molecular weight excluding hydrogens is 356 g/mol. The molecule has 0 aliphatic rings. The number of aromatic carboxylic acids is 1. The number of carbonyl (C=O) groups is 3. The predicted molar refractivity (Wildman–Crippen MR) is 98.2 cm³/mol. The molecule has 3 N–H and O–H groups in total. The average Bonchev–Trinajstić information content (AvgIpc) is 3.08. The summed E-state index contributed by atoms with van der Waals surface area (Å²) in [5.41, 5.74) is 1.07. The number of methoxy groups -OCH3 is 1. The van der Waals surface area contributed by atoms with E-state index in [1.54, 1.807) is 6.07 Å². The molecule has 1 unspecified atom stereocenters. The summed E-state index contributed by atoms with van der Waals surface area (Å²) >= 11 is 1.45. The van der Waals surface area contributed by atoms with Crippen molar-refractivity contribution in [2.45, 2.75) is 26.0 Å². The first-order valence-corrected chi connectivity index (χ1v) is 8.73. The van der Waals surface area contributed by atoms with Gasteiger partial charge in [0, 0.05) is 24.6 Å². The summed E-state index contributed by atoms with van der Waals surface area (Å²) in [5.74, 6) is -1.65. The van der Waals surface area contributed by atoms with Gasteiger partial charge in [-0.2, -0.15) is 0 Å². The highest BCUT2D eigenvalue weighted by atomic mass is 32.1. The van der Waals surface area contributed by atoms with Gasteiger partial charge >= 0.3 is 5.97 Å². The molecule has 2 amide bonds. The number of carbonyl (C=O) groups excluding carboxylic acids is 2. The Hall–Kier alpha value is -2.71. The fourth-order valence-electron chi connectivity index (χ4n) is 2.49. The molecule has 2 aromatic rings. The number of nitrogens with one attached hydrogen (secondary N) is 2. The Bertz CT molecular complexity index is 789. The van der Waals surface area contributed by atoms with Crippen LogP contribution in [0.1, 0.15) is 40.2 Å². The van der Waals surface area contributed by atoms with E-state index in [0.29, 0.717) is 11.3 Å². The summed E-state index contributed by atoms with van der Waals surface area (Å²) < 4.78 is 5.03. The number of amides is 2. The van der Waals surface area contributed by atoms with Crippen LogP contribution in [0.25, 0.3) is 0 Å². The standard InChI is InChI=1S/C18H20N2O5S/c1-11(21)19-15(16-4-3-5-26-16)9-17(22)20-14-7-12(10-25-2)6-13(8-14)18(23)24/h3-8,15H,9-10H2,1-2H3,(H,19,21)(H,20,22)(H,23,24). The Balaban J connectivity index is 2.14. The second-order valence-corrected chi connectivity index (χ2v) is 6.66. The summed E-state index contributed by atoms with van der Waals surface area (Å²) in [4.78, 5) is 35.9. The minimum Gasteiger partial charge on any atom is -0.478 e. The second kappa shape index (κ2) is 9.12. The summed E-state index contributed by atoms with van der Waals surface area (Å²) in [7, 11) is 1.50. The van der Waals surface area contributed by atoms with Crippen LogP contribution in [0.2, 0.25) is 0 Å². The van der Waals surface area contributed by atoms with Gasteiger partial charge in [0.2, 0.25) is 11.8 Å². The maximum Gasteiger partial charge on any atom is 0.335 e. The molecule has 0 spiro atoms. The van der Waals surface area contributed by atoms with Gasteiger partial charge in [0.25, 0.3) is 0 Å². The molecular formula is C18H20N2O5S. The van der Waals surface area contributed by atoms with E-state index in [-0.39, 0.29) is 30.4 Å². The van der Waals surface area contributed by atoms with E-state index in [4.69, 9.17) is 4.74 Å². The minimum atomic E-state index is -1.09. The van der Waals surface area contributed by atoms with Gasteiger partial charge < -0.3 is 20.5 Å². The molecule has 26 heavy (non-hydrogen) atoms. The van der Waals surface area contributed by atoms with Crippen LogP contribution in [-0.4, -0.2) is 30.0 Å². The molecule has 1 aromatic heterocycles. The normalized spacial score (nSPS) is 11.6. The Morgan fingerprint density at radius 3 is 2.62 bits per heavy atom. The van der Waals surface area contributed by atoms with Gasteiger partial charge in [-0.3, -0.25) is 9.59 Å². The van der Waals surface area contributed by atoms with Crippen molar-refractivity contribution in [3.8, 4) is 0 Å². The van der Waals surface area contributed by atoms with E-state index >= 15 is 0 Å². The first kappa shape index (κ1) is 19.6. The average molecular weight is 376 g/mol. The fraction of sp³-hybridized carbons (Fsp3) is 0.278. The maximum absolute atomic E-state index is 12.4. The van der Waals surface area contributed by atoms with Crippen molar-refractivity contribution < 1.29 is 24.2 Å². The van der Waals surface area contributed by atoms with Crippen LogP contribution in [0.3, 0.4) is 0 Å². The zero-order valence-electron chi connectivity index (χ0n) is 14.4.